The van der Waals surface area contributed by atoms with Crippen LogP contribution in [0.5, 0.6) is 0 Å². The molecule has 3 N–H and O–H groups in total. The standard InChI is InChI=1S/C16H25N3O/c1-12-8-14-15(9-13(12)2)19(11-18-14)7-5-4-6-16(3,17)10-20/h8-9,11,20H,4-7,10,17H2,1-3H3. The molecule has 0 aliphatic rings. The van der Waals surface area contributed by atoms with E-state index in [1.807, 2.05) is 13.3 Å². The number of aliphatic hydroxyl groups is 1. The minimum Gasteiger partial charge on any atom is -0.394 e. The molecular formula is C16H25N3O. The zero-order valence-electron chi connectivity index (χ0n) is 12.7. The zero-order valence-corrected chi connectivity index (χ0v) is 12.7. The number of aromatic nitrogens is 2. The number of hydrogen-bond donors (Lipinski definition) is 2. The Morgan fingerprint density at radius 1 is 1.25 bits per heavy atom. The van der Waals surface area contributed by atoms with Crippen molar-refractivity contribution in [2.45, 2.75) is 52.1 Å². The van der Waals surface area contributed by atoms with Crippen LogP contribution in [0.15, 0.2) is 18.5 Å². The van der Waals surface area contributed by atoms with E-state index in [4.69, 9.17) is 10.8 Å². The van der Waals surface area contributed by atoms with Gasteiger partial charge in [0.2, 0.25) is 0 Å². The van der Waals surface area contributed by atoms with E-state index in [1.54, 1.807) is 0 Å². The van der Waals surface area contributed by atoms with Gasteiger partial charge in [0.15, 0.2) is 0 Å². The first-order valence-corrected chi connectivity index (χ1v) is 7.25. The summed E-state index contributed by atoms with van der Waals surface area (Å²) < 4.78 is 2.20. The second-order valence-corrected chi connectivity index (χ2v) is 6.13. The molecule has 0 bridgehead atoms. The Morgan fingerprint density at radius 2 is 1.95 bits per heavy atom. The second-order valence-electron chi connectivity index (χ2n) is 6.13. The molecule has 0 fully saturated rings. The lowest BCUT2D eigenvalue weighted by molar-refractivity contribution is 0.197. The first kappa shape index (κ1) is 15.0. The van der Waals surface area contributed by atoms with Crippen LogP contribution in [-0.4, -0.2) is 26.8 Å². The Hall–Kier alpha value is -1.39. The third-order valence-electron chi connectivity index (χ3n) is 3.99. The van der Waals surface area contributed by atoms with Crippen molar-refractivity contribution >= 4 is 11.0 Å². The normalized spacial score (nSPS) is 14.7. The maximum atomic E-state index is 9.13. The van der Waals surface area contributed by atoms with Crippen molar-refractivity contribution in [1.82, 2.24) is 9.55 Å². The van der Waals surface area contributed by atoms with Gasteiger partial charge in [0.05, 0.1) is 24.0 Å². The molecule has 1 unspecified atom stereocenters. The van der Waals surface area contributed by atoms with Gasteiger partial charge in [-0.25, -0.2) is 4.98 Å². The van der Waals surface area contributed by atoms with Crippen LogP contribution in [0.2, 0.25) is 0 Å². The fraction of sp³-hybridized carbons (Fsp3) is 0.562. The summed E-state index contributed by atoms with van der Waals surface area (Å²) >= 11 is 0. The van der Waals surface area contributed by atoms with Crippen molar-refractivity contribution in [3.8, 4) is 0 Å². The van der Waals surface area contributed by atoms with Gasteiger partial charge in [0.25, 0.3) is 0 Å². The molecule has 1 atom stereocenters. The Bertz CT molecular complexity index is 587. The molecule has 0 amide bonds. The largest absolute Gasteiger partial charge is 0.394 e. The van der Waals surface area contributed by atoms with E-state index in [1.165, 1.54) is 16.6 Å². The molecule has 2 rings (SSSR count). The summed E-state index contributed by atoms with van der Waals surface area (Å²) in [4.78, 5) is 4.46. The highest BCUT2D eigenvalue weighted by molar-refractivity contribution is 5.77. The van der Waals surface area contributed by atoms with Crippen molar-refractivity contribution < 1.29 is 5.11 Å². The molecule has 1 aromatic heterocycles. The Balaban J connectivity index is 1.99. The number of nitrogens with zero attached hydrogens (tertiary/aromatic N) is 2. The quantitative estimate of drug-likeness (QED) is 0.796. The number of fused-ring (bicyclic) bond motifs is 1. The summed E-state index contributed by atoms with van der Waals surface area (Å²) in [6, 6.07) is 4.35. The molecule has 0 aliphatic carbocycles. The molecule has 2 aromatic rings. The summed E-state index contributed by atoms with van der Waals surface area (Å²) in [5.74, 6) is 0. The molecule has 20 heavy (non-hydrogen) atoms. The summed E-state index contributed by atoms with van der Waals surface area (Å²) in [6.07, 6.45) is 4.81. The van der Waals surface area contributed by atoms with Gasteiger partial charge in [-0.1, -0.05) is 0 Å². The lowest BCUT2D eigenvalue weighted by atomic mass is 9.97. The molecule has 4 heteroatoms. The maximum absolute atomic E-state index is 9.13. The van der Waals surface area contributed by atoms with Gasteiger partial charge in [0.1, 0.15) is 0 Å². The maximum Gasteiger partial charge on any atom is 0.0958 e. The second kappa shape index (κ2) is 5.94. The lowest BCUT2D eigenvalue weighted by Gasteiger charge is -2.21. The molecule has 0 spiro atoms. The van der Waals surface area contributed by atoms with Gasteiger partial charge in [-0.05, 0) is 63.3 Å². The van der Waals surface area contributed by atoms with Crippen LogP contribution < -0.4 is 5.73 Å². The number of hydrogen-bond acceptors (Lipinski definition) is 3. The van der Waals surface area contributed by atoms with Crippen LogP contribution in [0.25, 0.3) is 11.0 Å². The minimum atomic E-state index is -0.454. The van der Waals surface area contributed by atoms with E-state index in [9.17, 15) is 0 Å². The van der Waals surface area contributed by atoms with E-state index in [0.29, 0.717) is 0 Å². The SMILES string of the molecule is Cc1cc2ncn(CCCCC(C)(N)CO)c2cc1C. The zero-order chi connectivity index (χ0) is 14.8. The number of benzene rings is 1. The van der Waals surface area contributed by atoms with E-state index >= 15 is 0 Å². The predicted molar refractivity (Wildman–Crippen MR) is 82.7 cm³/mol. The van der Waals surface area contributed by atoms with Crippen LogP contribution in [0.3, 0.4) is 0 Å². The van der Waals surface area contributed by atoms with Gasteiger partial charge in [-0.15, -0.1) is 0 Å². The van der Waals surface area contributed by atoms with Gasteiger partial charge in [-0.2, -0.15) is 0 Å². The third-order valence-corrected chi connectivity index (χ3v) is 3.99. The predicted octanol–water partition coefficient (Wildman–Crippen LogP) is 2.53. The highest BCUT2D eigenvalue weighted by atomic mass is 16.3. The fourth-order valence-corrected chi connectivity index (χ4v) is 2.38. The minimum absolute atomic E-state index is 0.0411. The average Bonchev–Trinajstić information content (AvgIpc) is 2.78. The third kappa shape index (κ3) is 3.38. The van der Waals surface area contributed by atoms with E-state index < -0.39 is 5.54 Å². The van der Waals surface area contributed by atoms with Gasteiger partial charge in [-0.3, -0.25) is 0 Å². The summed E-state index contributed by atoms with van der Waals surface area (Å²) in [5, 5.41) is 9.13. The monoisotopic (exact) mass is 275 g/mol. The van der Waals surface area contributed by atoms with Crippen molar-refractivity contribution in [3.05, 3.63) is 29.6 Å². The topological polar surface area (TPSA) is 64.1 Å². The first-order valence-electron chi connectivity index (χ1n) is 7.25. The summed E-state index contributed by atoms with van der Waals surface area (Å²) in [5.41, 5.74) is 10.3. The van der Waals surface area contributed by atoms with E-state index in [-0.39, 0.29) is 6.61 Å². The van der Waals surface area contributed by atoms with E-state index in [2.05, 4.69) is 35.5 Å². The van der Waals surface area contributed by atoms with Gasteiger partial charge < -0.3 is 15.4 Å². The molecule has 0 aliphatic heterocycles. The summed E-state index contributed by atoms with van der Waals surface area (Å²) in [7, 11) is 0. The molecule has 0 saturated heterocycles. The Morgan fingerprint density at radius 3 is 2.65 bits per heavy atom. The molecule has 4 nitrogen and oxygen atoms in total. The number of imidazole rings is 1. The van der Waals surface area contributed by atoms with Crippen LogP contribution in [0, 0.1) is 13.8 Å². The molecular weight excluding hydrogens is 250 g/mol. The van der Waals surface area contributed by atoms with Gasteiger partial charge >= 0.3 is 0 Å². The Labute approximate surface area is 120 Å². The van der Waals surface area contributed by atoms with Crippen LogP contribution in [-0.2, 0) is 6.54 Å². The van der Waals surface area contributed by atoms with Crippen molar-refractivity contribution in [2.75, 3.05) is 6.61 Å². The van der Waals surface area contributed by atoms with Crippen LogP contribution in [0.1, 0.15) is 37.3 Å². The first-order chi connectivity index (χ1) is 9.43. The van der Waals surface area contributed by atoms with E-state index in [0.717, 1.165) is 31.3 Å². The number of unbranched alkanes of at least 4 members (excludes halogenated alkanes) is 1. The van der Waals surface area contributed by atoms with Crippen molar-refractivity contribution in [2.24, 2.45) is 5.73 Å². The van der Waals surface area contributed by atoms with Crippen molar-refractivity contribution in [1.29, 1.82) is 0 Å². The Kier molecular flexibility index (Phi) is 4.45. The number of nitrogens with two attached hydrogens (primary N) is 1. The van der Waals surface area contributed by atoms with Crippen molar-refractivity contribution in [3.63, 3.8) is 0 Å². The average molecular weight is 275 g/mol. The highest BCUT2D eigenvalue weighted by Gasteiger charge is 2.15. The number of aryl methyl sites for hydroxylation is 3. The van der Waals surface area contributed by atoms with Crippen LogP contribution >= 0.6 is 0 Å². The molecule has 0 saturated carbocycles. The lowest BCUT2D eigenvalue weighted by Crippen LogP contribution is -2.39. The summed E-state index contributed by atoms with van der Waals surface area (Å²) in [6.45, 7) is 7.13. The fourth-order valence-electron chi connectivity index (χ4n) is 2.38. The number of rotatable bonds is 6. The van der Waals surface area contributed by atoms with Gasteiger partial charge in [0, 0.05) is 12.1 Å². The molecule has 110 valence electrons. The number of aliphatic hydroxyl groups excluding tert-OH is 1. The highest BCUT2D eigenvalue weighted by Crippen LogP contribution is 2.19. The van der Waals surface area contributed by atoms with Crippen LogP contribution in [0.4, 0.5) is 0 Å². The molecule has 1 heterocycles. The molecule has 1 aromatic carbocycles. The molecule has 0 radical (unpaired) electrons. The smallest absolute Gasteiger partial charge is 0.0958 e.